The summed E-state index contributed by atoms with van der Waals surface area (Å²) in [5.74, 6) is 89.5. The summed E-state index contributed by atoms with van der Waals surface area (Å²) in [7, 11) is 4.72. The van der Waals surface area contributed by atoms with Crippen molar-refractivity contribution >= 4 is 18.2 Å². The summed E-state index contributed by atoms with van der Waals surface area (Å²) in [5.41, 5.74) is 2.85. The van der Waals surface area contributed by atoms with E-state index < -0.39 is 5.79 Å². The van der Waals surface area contributed by atoms with E-state index in [0.717, 1.165) is 16.7 Å². The molecule has 0 saturated carbocycles. The first-order valence-electron chi connectivity index (χ1n) is 22.9. The van der Waals surface area contributed by atoms with Crippen LogP contribution in [0.25, 0.3) is 18.2 Å². The summed E-state index contributed by atoms with van der Waals surface area (Å²) < 4.78 is 35.5. The van der Waals surface area contributed by atoms with Crippen LogP contribution in [0, 0.1) is 201 Å². The molecule has 0 saturated heterocycles. The van der Waals surface area contributed by atoms with Crippen molar-refractivity contribution < 1.29 is 28.4 Å². The second kappa shape index (κ2) is 39.7. The number of hydrogen-bond donors (Lipinski definition) is 3. The summed E-state index contributed by atoms with van der Waals surface area (Å²) >= 11 is 0. The second-order valence-electron chi connectivity index (χ2n) is 13.8. The Hall–Kier alpha value is -11.9. The zero-order valence-electron chi connectivity index (χ0n) is 43.7. The zero-order chi connectivity index (χ0) is 55.8. The Morgan fingerprint density at radius 3 is 0.782 bits per heavy atom. The third-order valence-corrected chi connectivity index (χ3v) is 8.65. The Morgan fingerprint density at radius 2 is 0.564 bits per heavy atom. The molecule has 0 fully saturated rings. The fourth-order valence-electron chi connectivity index (χ4n) is 5.41. The van der Waals surface area contributed by atoms with Crippen LogP contribution in [0.2, 0.25) is 0 Å². The van der Waals surface area contributed by atoms with Crippen molar-refractivity contribution in [1.82, 2.24) is 16.0 Å². The molecule has 0 bridgehead atoms. The molecule has 3 aromatic rings. The summed E-state index contributed by atoms with van der Waals surface area (Å²) in [6.07, 6.45) is 11.7. The molecule has 0 spiro atoms. The molecule has 0 unspecified atom stereocenters. The Kier molecular flexibility index (Phi) is 30.7. The lowest BCUT2D eigenvalue weighted by molar-refractivity contribution is 0.121. The highest BCUT2D eigenvalue weighted by Gasteiger charge is 2.28. The molecule has 0 radical (unpaired) electrons. The molecule has 3 rings (SSSR count). The second-order valence-corrected chi connectivity index (χ2v) is 13.8. The molecule has 0 aliphatic rings. The van der Waals surface area contributed by atoms with Gasteiger partial charge in [0.1, 0.15) is 20.2 Å². The van der Waals surface area contributed by atoms with Gasteiger partial charge in [-0.1, -0.05) is 60.6 Å². The smallest absolute Gasteiger partial charge is 0.197 e. The molecule has 9 nitrogen and oxygen atoms in total. The average molecular weight is 1010 g/mol. The molecule has 0 atom stereocenters. The van der Waals surface area contributed by atoms with E-state index in [2.05, 4.69) is 217 Å². The van der Waals surface area contributed by atoms with Crippen molar-refractivity contribution in [1.29, 1.82) is 0 Å². The van der Waals surface area contributed by atoms with E-state index in [9.17, 15) is 0 Å². The summed E-state index contributed by atoms with van der Waals surface area (Å²) in [6, 6.07) is 16.8. The maximum Gasteiger partial charge on any atom is 0.197 e. The molecule has 0 heterocycles. The van der Waals surface area contributed by atoms with Crippen LogP contribution >= 0.6 is 0 Å². The third kappa shape index (κ3) is 26.0. The van der Waals surface area contributed by atoms with Crippen LogP contribution in [0.3, 0.4) is 0 Å². The van der Waals surface area contributed by atoms with Gasteiger partial charge in [-0.3, -0.25) is 0 Å². The molecular weight excluding hydrogens is 967 g/mol. The number of allylic oxidation sites excluding steroid dienone is 3. The molecule has 78 heavy (non-hydrogen) atoms. The highest BCUT2D eigenvalue weighted by Crippen LogP contribution is 2.30. The van der Waals surface area contributed by atoms with E-state index in [0.29, 0.717) is 34.5 Å². The predicted octanol–water partition coefficient (Wildman–Crippen LogP) is 6.72. The van der Waals surface area contributed by atoms with E-state index in [-0.39, 0.29) is 20.2 Å². The zero-order valence-corrected chi connectivity index (χ0v) is 43.7. The van der Waals surface area contributed by atoms with E-state index in [4.69, 9.17) is 28.4 Å². The van der Waals surface area contributed by atoms with E-state index in [1.165, 1.54) is 0 Å². The maximum absolute atomic E-state index is 6.19. The van der Waals surface area contributed by atoms with Crippen molar-refractivity contribution in [2.75, 3.05) is 41.5 Å². The number of benzene rings is 3. The lowest BCUT2D eigenvalue weighted by atomic mass is 10.2. The fourth-order valence-corrected chi connectivity index (χ4v) is 5.41. The van der Waals surface area contributed by atoms with Gasteiger partial charge in [-0.2, -0.15) is 0 Å². The molecule has 0 aliphatic carbocycles. The lowest BCUT2D eigenvalue weighted by Crippen LogP contribution is -2.67. The van der Waals surface area contributed by atoms with E-state index in [1.54, 1.807) is 28.3 Å². The molecule has 3 N–H and O–H groups in total. The normalized spacial score (nSPS) is 8.40. The van der Waals surface area contributed by atoms with Crippen molar-refractivity contribution in [3.63, 3.8) is 0 Å². The topological polar surface area (TPSA) is 91.5 Å². The number of ether oxygens (including phenoxy) is 6. The Bertz CT molecular complexity index is 3750. The minimum atomic E-state index is -1.46. The molecular formula is C69H45N3O6. The molecule has 0 aliphatic heterocycles. The summed E-state index contributed by atoms with van der Waals surface area (Å²) in [5, 5.41) is 9.92. The van der Waals surface area contributed by atoms with Gasteiger partial charge in [0, 0.05) is 94.7 Å². The van der Waals surface area contributed by atoms with Gasteiger partial charge in [-0.25, -0.2) is 16.0 Å². The quantitative estimate of drug-likeness (QED) is 0.0950. The van der Waals surface area contributed by atoms with E-state index >= 15 is 0 Å². The molecule has 0 aromatic heterocycles. The number of methoxy groups -OCH3 is 3. The van der Waals surface area contributed by atoms with Crippen molar-refractivity contribution in [3.8, 4) is 236 Å². The molecule has 9 heteroatoms. The monoisotopic (exact) mass is 1010 g/mol. The minimum absolute atomic E-state index is 0.0749. The number of nitrogens with one attached hydrogen (secondary N) is 3. The van der Waals surface area contributed by atoms with Crippen LogP contribution in [0.1, 0.15) is 44.4 Å². The Balaban J connectivity index is 1.77. The van der Waals surface area contributed by atoms with Crippen LogP contribution in [-0.2, 0) is 0 Å². The van der Waals surface area contributed by atoms with Gasteiger partial charge >= 0.3 is 0 Å². The number of rotatable bonds is 18. The van der Waals surface area contributed by atoms with Gasteiger partial charge in [0.05, 0.1) is 21.3 Å². The minimum Gasteiger partial charge on any atom is -0.493 e. The third-order valence-electron chi connectivity index (χ3n) is 8.65. The van der Waals surface area contributed by atoms with Crippen LogP contribution in [0.4, 0.5) is 0 Å². The summed E-state index contributed by atoms with van der Waals surface area (Å²) in [6.45, 7) is 7.28. The first-order valence-corrected chi connectivity index (χ1v) is 22.9. The van der Waals surface area contributed by atoms with Crippen molar-refractivity contribution in [2.24, 2.45) is 0 Å². The Morgan fingerprint density at radius 1 is 0.333 bits per heavy atom. The average Bonchev–Trinajstić information content (AvgIpc) is 3.47. The highest BCUT2D eigenvalue weighted by atomic mass is 16.5. The van der Waals surface area contributed by atoms with Crippen molar-refractivity contribution in [3.05, 3.63) is 89.5 Å². The van der Waals surface area contributed by atoms with E-state index in [1.807, 2.05) is 112 Å². The molecule has 3 aromatic carbocycles. The van der Waals surface area contributed by atoms with Gasteiger partial charge in [-0.05, 0) is 181 Å². The van der Waals surface area contributed by atoms with Crippen LogP contribution in [0.5, 0.6) is 34.5 Å². The van der Waals surface area contributed by atoms with Gasteiger partial charge in [-0.15, -0.1) is 0 Å². The van der Waals surface area contributed by atoms with Gasteiger partial charge < -0.3 is 28.4 Å². The van der Waals surface area contributed by atoms with Crippen LogP contribution in [0.15, 0.2) is 72.8 Å². The highest BCUT2D eigenvalue weighted by molar-refractivity contribution is 5.58. The Labute approximate surface area is 460 Å². The first-order chi connectivity index (χ1) is 38.4. The van der Waals surface area contributed by atoms with Gasteiger partial charge in [0.25, 0.3) is 0 Å². The molecule has 372 valence electrons. The largest absolute Gasteiger partial charge is 0.493 e. The summed E-state index contributed by atoms with van der Waals surface area (Å²) in [4.78, 5) is 0. The fraction of sp³-hybridized carbons (Fsp3) is 0.159. The number of hydrogen-bond acceptors (Lipinski definition) is 9. The van der Waals surface area contributed by atoms with Crippen molar-refractivity contribution in [2.45, 2.75) is 33.5 Å². The predicted molar refractivity (Wildman–Crippen MR) is 310 cm³/mol. The van der Waals surface area contributed by atoms with Gasteiger partial charge in [0.15, 0.2) is 40.3 Å². The lowest BCUT2D eigenvalue weighted by Gasteiger charge is -2.32. The molecule has 0 amide bonds. The standard InChI is InChI=1S/C69H45N3O6/c1-8-12-13-14-15-16-17-18-19-20-21-22-23-24-25-26-27-28-29-30-31-32-33-34-35-36-37-38-39-40-41-42-43-53-69(70-57-76-63-50-47-60(44-9-2)54-66(63)73-5,71-58-77-64-51-48-61(45-10-3)55-67(64)74-6)72-59-78-65-52-49-62(46-11-4)56-68(65)75-7/h9-11,44-52,54-56,70-72H,57-59H2,1-7H3/b44-9+,45-10+,46-11+. The van der Waals surface area contributed by atoms with Gasteiger partial charge in [0.2, 0.25) is 0 Å². The maximum atomic E-state index is 6.19. The van der Waals surface area contributed by atoms with Crippen LogP contribution < -0.4 is 44.4 Å². The van der Waals surface area contributed by atoms with Crippen LogP contribution in [-0.4, -0.2) is 47.3 Å². The SMILES string of the molecule is CC#CC#CC#CC#CC#CC#CC#CC#CC#CC#CC#CC#CC#CC#CC#CC#CC#CC(NCOc1ccc(/C=C/C)cc1OC)(NCOc1ccc(/C=C/C)cc1OC)NCOc1ccc(/C=C/C)cc1OC. The first kappa shape index (κ1) is 60.4.